The first-order valence-corrected chi connectivity index (χ1v) is 11.1. The van der Waals surface area contributed by atoms with Gasteiger partial charge in [0.15, 0.2) is 0 Å². The molecule has 0 spiro atoms. The van der Waals surface area contributed by atoms with Gasteiger partial charge in [-0.25, -0.2) is 0 Å². The van der Waals surface area contributed by atoms with E-state index in [9.17, 15) is 9.90 Å². The summed E-state index contributed by atoms with van der Waals surface area (Å²) >= 11 is 0. The number of anilines is 1. The number of likely N-dealkylation sites (tertiary alicyclic amines) is 1. The van der Waals surface area contributed by atoms with E-state index < -0.39 is 0 Å². The summed E-state index contributed by atoms with van der Waals surface area (Å²) in [5, 5.41) is 13.0. The Morgan fingerprint density at radius 2 is 1.90 bits per heavy atom. The number of carbonyl (C=O) groups is 1. The summed E-state index contributed by atoms with van der Waals surface area (Å²) in [4.78, 5) is 16.9. The van der Waals surface area contributed by atoms with Gasteiger partial charge in [-0.05, 0) is 42.7 Å². The average molecular weight is 410 g/mol. The molecule has 0 aliphatic carbocycles. The van der Waals surface area contributed by atoms with Gasteiger partial charge in [0, 0.05) is 44.5 Å². The van der Waals surface area contributed by atoms with Crippen molar-refractivity contribution in [3.8, 4) is 0 Å². The van der Waals surface area contributed by atoms with Crippen LogP contribution >= 0.6 is 0 Å². The maximum Gasteiger partial charge on any atom is 0.251 e. The molecule has 0 bridgehead atoms. The maximum atomic E-state index is 12.3. The third kappa shape index (κ3) is 6.07. The molecule has 2 N–H and O–H groups in total. The number of aliphatic hydroxyl groups excluding tert-OH is 1. The molecule has 2 atom stereocenters. The molecule has 1 saturated heterocycles. The number of amides is 1. The number of nitrogens with zero attached hydrogens (tertiary/aromatic N) is 2. The lowest BCUT2D eigenvalue weighted by Crippen LogP contribution is -2.36. The van der Waals surface area contributed by atoms with Gasteiger partial charge in [0.1, 0.15) is 0 Å². The number of carbonyl (C=O) groups excluding carboxylic acids is 1. The van der Waals surface area contributed by atoms with Crippen molar-refractivity contribution in [3.63, 3.8) is 0 Å². The number of likely N-dealkylation sites (N-methyl/N-ethyl adjacent to an activating group) is 1. The summed E-state index contributed by atoms with van der Waals surface area (Å²) < 4.78 is 0. The van der Waals surface area contributed by atoms with Crippen LogP contribution in [0.5, 0.6) is 0 Å². The molecule has 1 heterocycles. The van der Waals surface area contributed by atoms with E-state index in [0.29, 0.717) is 12.1 Å². The Hall–Kier alpha value is -2.37. The fraction of sp³-hybridized carbons (Fsp3) is 0.480. The minimum Gasteiger partial charge on any atom is -0.392 e. The highest BCUT2D eigenvalue weighted by Crippen LogP contribution is 2.27. The number of hydrogen-bond donors (Lipinski definition) is 2. The van der Waals surface area contributed by atoms with E-state index in [1.54, 1.807) is 0 Å². The fourth-order valence-electron chi connectivity index (χ4n) is 4.07. The number of rotatable bonds is 10. The summed E-state index contributed by atoms with van der Waals surface area (Å²) in [6.07, 6.45) is 3.90. The lowest BCUT2D eigenvalue weighted by Gasteiger charge is -2.33. The van der Waals surface area contributed by atoms with Crippen molar-refractivity contribution < 1.29 is 9.90 Å². The summed E-state index contributed by atoms with van der Waals surface area (Å²) in [7, 11) is 2.09. The predicted molar refractivity (Wildman–Crippen MR) is 123 cm³/mol. The normalized spacial score (nSPS) is 17.6. The van der Waals surface area contributed by atoms with Gasteiger partial charge in [0.25, 0.3) is 5.91 Å². The molecule has 5 nitrogen and oxygen atoms in total. The third-order valence-electron chi connectivity index (χ3n) is 5.90. The van der Waals surface area contributed by atoms with E-state index in [-0.39, 0.29) is 18.1 Å². The molecule has 1 amide bonds. The molecule has 0 radical (unpaired) electrons. The first-order chi connectivity index (χ1) is 14.6. The highest BCUT2D eigenvalue weighted by atomic mass is 16.3. The molecule has 0 unspecified atom stereocenters. The molecule has 162 valence electrons. The molecule has 1 aliphatic heterocycles. The molecule has 1 fully saturated rings. The van der Waals surface area contributed by atoms with Crippen molar-refractivity contribution >= 4 is 11.6 Å². The second-order valence-electron chi connectivity index (χ2n) is 8.25. The number of β-amino-alcohol motifs (C(OH)–C–C–N with tert-alkyl or cyclic N) is 1. The number of hydrogen-bond acceptors (Lipinski definition) is 4. The highest BCUT2D eigenvalue weighted by Gasteiger charge is 2.29. The third-order valence-corrected chi connectivity index (χ3v) is 5.90. The van der Waals surface area contributed by atoms with E-state index in [1.807, 2.05) is 30.3 Å². The first-order valence-electron chi connectivity index (χ1n) is 11.1. The number of aliphatic hydroxyl groups is 1. The molecule has 30 heavy (non-hydrogen) atoms. The SMILES string of the molecule is CCCCCNC(=O)c1ccc(N(C)C[C@@H](c2ccccc2)N2CC[C@H](O)C2)cc1. The molecule has 1 aliphatic rings. The van der Waals surface area contributed by atoms with E-state index in [4.69, 9.17) is 0 Å². The van der Waals surface area contributed by atoms with Crippen LogP contribution in [0.1, 0.15) is 54.6 Å². The first kappa shape index (κ1) is 22.3. The van der Waals surface area contributed by atoms with E-state index in [0.717, 1.165) is 51.0 Å². The Morgan fingerprint density at radius 1 is 1.17 bits per heavy atom. The summed E-state index contributed by atoms with van der Waals surface area (Å²) in [6, 6.07) is 18.6. The quantitative estimate of drug-likeness (QED) is 0.585. The summed E-state index contributed by atoms with van der Waals surface area (Å²) in [6.45, 7) is 5.33. The molecule has 3 rings (SSSR count). The monoisotopic (exact) mass is 409 g/mol. The van der Waals surface area contributed by atoms with Crippen LogP contribution in [0.25, 0.3) is 0 Å². The largest absolute Gasteiger partial charge is 0.392 e. The van der Waals surface area contributed by atoms with Gasteiger partial charge in [-0.2, -0.15) is 0 Å². The van der Waals surface area contributed by atoms with E-state index in [1.165, 1.54) is 5.56 Å². The van der Waals surface area contributed by atoms with Crippen LogP contribution in [0.2, 0.25) is 0 Å². The van der Waals surface area contributed by atoms with Gasteiger partial charge in [0.05, 0.1) is 12.1 Å². The van der Waals surface area contributed by atoms with Crippen LogP contribution in [0.3, 0.4) is 0 Å². The van der Waals surface area contributed by atoms with Crippen molar-refractivity contribution in [1.82, 2.24) is 10.2 Å². The smallest absolute Gasteiger partial charge is 0.251 e. The second-order valence-corrected chi connectivity index (χ2v) is 8.25. The molecule has 0 aromatic heterocycles. The van der Waals surface area contributed by atoms with Crippen molar-refractivity contribution in [2.45, 2.75) is 44.8 Å². The topological polar surface area (TPSA) is 55.8 Å². The summed E-state index contributed by atoms with van der Waals surface area (Å²) in [5.74, 6) is -0.00600. The molecule has 0 saturated carbocycles. The zero-order valence-corrected chi connectivity index (χ0v) is 18.3. The number of nitrogens with one attached hydrogen (secondary N) is 1. The Kier molecular flexibility index (Phi) is 8.29. The van der Waals surface area contributed by atoms with Gasteiger partial charge < -0.3 is 15.3 Å². The maximum absolute atomic E-state index is 12.3. The van der Waals surface area contributed by atoms with Gasteiger partial charge in [-0.15, -0.1) is 0 Å². The molecular weight excluding hydrogens is 374 g/mol. The van der Waals surface area contributed by atoms with Gasteiger partial charge in [0.2, 0.25) is 0 Å². The van der Waals surface area contributed by atoms with Crippen molar-refractivity contribution in [3.05, 3.63) is 65.7 Å². The number of unbranched alkanes of at least 4 members (excludes halogenated alkanes) is 2. The van der Waals surface area contributed by atoms with Crippen molar-refractivity contribution in [1.29, 1.82) is 0 Å². The Morgan fingerprint density at radius 3 is 2.53 bits per heavy atom. The number of benzene rings is 2. The second kappa shape index (κ2) is 11.1. The lowest BCUT2D eigenvalue weighted by atomic mass is 10.0. The molecular formula is C25H35N3O2. The Balaban J connectivity index is 1.64. The van der Waals surface area contributed by atoms with E-state index in [2.05, 4.69) is 53.4 Å². The zero-order chi connectivity index (χ0) is 21.3. The highest BCUT2D eigenvalue weighted by molar-refractivity contribution is 5.94. The molecule has 2 aromatic rings. The van der Waals surface area contributed by atoms with Crippen molar-refractivity contribution in [2.24, 2.45) is 0 Å². The summed E-state index contributed by atoms with van der Waals surface area (Å²) in [5.41, 5.74) is 3.05. The van der Waals surface area contributed by atoms with Crippen LogP contribution in [-0.2, 0) is 0 Å². The van der Waals surface area contributed by atoms with Crippen LogP contribution in [0.4, 0.5) is 5.69 Å². The predicted octanol–water partition coefficient (Wildman–Crippen LogP) is 3.85. The minimum absolute atomic E-state index is 0.00600. The average Bonchev–Trinajstić information content (AvgIpc) is 3.21. The fourth-order valence-corrected chi connectivity index (χ4v) is 4.07. The standard InChI is InChI=1S/C25H35N3O2/c1-3-4-8-16-26-25(30)21-11-13-22(14-12-21)27(2)19-24(20-9-6-5-7-10-20)28-17-15-23(29)18-28/h5-7,9-14,23-24,29H,3-4,8,15-19H2,1-2H3,(H,26,30)/t23-,24-/m0/s1. The van der Waals surface area contributed by atoms with Gasteiger partial charge >= 0.3 is 0 Å². The van der Waals surface area contributed by atoms with Crippen LogP contribution in [-0.4, -0.2) is 55.2 Å². The van der Waals surface area contributed by atoms with Crippen molar-refractivity contribution in [2.75, 3.05) is 38.1 Å². The molecule has 2 aromatic carbocycles. The molecule has 5 heteroatoms. The van der Waals surface area contributed by atoms with Crippen LogP contribution in [0, 0.1) is 0 Å². The van der Waals surface area contributed by atoms with E-state index >= 15 is 0 Å². The van der Waals surface area contributed by atoms with Crippen LogP contribution in [0.15, 0.2) is 54.6 Å². The van der Waals surface area contributed by atoms with Crippen LogP contribution < -0.4 is 10.2 Å². The Bertz CT molecular complexity index is 779. The van der Waals surface area contributed by atoms with Gasteiger partial charge in [-0.1, -0.05) is 50.1 Å². The lowest BCUT2D eigenvalue weighted by molar-refractivity contribution is 0.0953. The zero-order valence-electron chi connectivity index (χ0n) is 18.3. The minimum atomic E-state index is -0.239. The Labute approximate surface area is 180 Å². The van der Waals surface area contributed by atoms with Gasteiger partial charge in [-0.3, -0.25) is 9.69 Å².